The minimum Gasteiger partial charge on any atom is -0.309 e. The number of nitrogens with zero attached hydrogens (tertiary/aromatic N) is 1. The van der Waals surface area contributed by atoms with Crippen LogP contribution in [-0.4, -0.2) is 4.40 Å². The zero-order valence-electron chi connectivity index (χ0n) is 19.4. The van der Waals surface area contributed by atoms with Gasteiger partial charge in [0.2, 0.25) is 0 Å². The van der Waals surface area contributed by atoms with E-state index in [1.807, 2.05) is 47.6 Å². The van der Waals surface area contributed by atoms with Gasteiger partial charge >= 0.3 is 0 Å². The van der Waals surface area contributed by atoms with Crippen molar-refractivity contribution >= 4 is 35.9 Å². The van der Waals surface area contributed by atoms with Gasteiger partial charge in [-0.15, -0.1) is 0 Å². The zero-order valence-corrected chi connectivity index (χ0v) is 19.4. The summed E-state index contributed by atoms with van der Waals surface area (Å²) in [5.41, 5.74) is 5.41. The smallest absolute Gasteiger partial charge is 0.0613 e. The van der Waals surface area contributed by atoms with Crippen LogP contribution in [0.1, 0.15) is 98.4 Å². The van der Waals surface area contributed by atoms with Gasteiger partial charge in [0.15, 0.2) is 0 Å². The SMILES string of the molecule is C=Cc1c(=C/C)/c(=C\C)n2c3c(/c(=C/CC)c12)C(C)C=C3.CC.CC.CC. The Bertz CT molecular complexity index is 920. The van der Waals surface area contributed by atoms with Crippen molar-refractivity contribution in [2.75, 3.05) is 0 Å². The van der Waals surface area contributed by atoms with Gasteiger partial charge in [-0.1, -0.05) is 92.3 Å². The average Bonchev–Trinajstić information content (AvgIpc) is 3.36. The fourth-order valence-corrected chi connectivity index (χ4v) is 3.71. The van der Waals surface area contributed by atoms with Crippen LogP contribution in [0.4, 0.5) is 0 Å². The highest BCUT2D eigenvalue weighted by atomic mass is 14.9. The Morgan fingerprint density at radius 1 is 1.00 bits per heavy atom. The van der Waals surface area contributed by atoms with Crippen molar-refractivity contribution in [2.45, 2.75) is 81.6 Å². The van der Waals surface area contributed by atoms with Crippen molar-refractivity contribution in [2.24, 2.45) is 0 Å². The maximum atomic E-state index is 4.06. The summed E-state index contributed by atoms with van der Waals surface area (Å²) in [5, 5.41) is 3.98. The van der Waals surface area contributed by atoms with Crippen LogP contribution in [0.25, 0.3) is 35.9 Å². The number of hydrogen-bond donors (Lipinski definition) is 0. The summed E-state index contributed by atoms with van der Waals surface area (Å²) in [5.74, 6) is 0.495. The van der Waals surface area contributed by atoms with Crippen LogP contribution < -0.4 is 15.8 Å². The predicted octanol–water partition coefficient (Wildman–Crippen LogP) is 6.30. The zero-order chi connectivity index (χ0) is 21.1. The molecule has 0 fully saturated rings. The van der Waals surface area contributed by atoms with E-state index in [9.17, 15) is 0 Å². The third-order valence-electron chi connectivity index (χ3n) is 4.52. The fraction of sp³-hybridized carbons (Fsp3) is 0.462. The second-order valence-corrected chi connectivity index (χ2v) is 5.65. The van der Waals surface area contributed by atoms with E-state index >= 15 is 0 Å². The molecule has 27 heavy (non-hydrogen) atoms. The number of aromatic nitrogens is 1. The normalized spacial score (nSPS) is 16.2. The Balaban J connectivity index is 0.00000103. The number of allylic oxidation sites excluding steroid dienone is 1. The van der Waals surface area contributed by atoms with Crippen molar-refractivity contribution in [1.82, 2.24) is 4.40 Å². The minimum absolute atomic E-state index is 0.495. The summed E-state index contributed by atoms with van der Waals surface area (Å²) < 4.78 is 2.42. The first kappa shape index (κ1) is 25.0. The van der Waals surface area contributed by atoms with Crippen molar-refractivity contribution in [1.29, 1.82) is 0 Å². The van der Waals surface area contributed by atoms with E-state index in [4.69, 9.17) is 0 Å². The molecule has 0 spiro atoms. The van der Waals surface area contributed by atoms with Crippen LogP contribution in [0.2, 0.25) is 0 Å². The first-order valence-electron chi connectivity index (χ1n) is 10.8. The lowest BCUT2D eigenvalue weighted by Crippen LogP contribution is -2.26. The maximum absolute atomic E-state index is 4.06. The summed E-state index contributed by atoms with van der Waals surface area (Å²) in [7, 11) is 0. The summed E-state index contributed by atoms with van der Waals surface area (Å²) in [4.78, 5) is 0. The summed E-state index contributed by atoms with van der Waals surface area (Å²) in [6, 6.07) is 0. The highest BCUT2D eigenvalue weighted by molar-refractivity contribution is 5.80. The first-order chi connectivity index (χ1) is 13.2. The van der Waals surface area contributed by atoms with E-state index in [1.54, 1.807) is 0 Å². The molecule has 0 radical (unpaired) electrons. The standard InChI is InChI=1S/C20H23N.3C2H6/c1-6-10-16-19-13(5)11-12-18(19)21-17(9-4)14(7-2)15(8-3)20(16)21;3*1-2/h7-13H,3,6H2,1-2,4-5H3;3*1-2H3/b14-7-,16-10-,17-9+;;;. The molecule has 0 amide bonds. The van der Waals surface area contributed by atoms with Gasteiger partial charge in [0.1, 0.15) is 0 Å². The molecule has 0 aliphatic heterocycles. The number of fused-ring (bicyclic) bond motifs is 3. The molecule has 1 aliphatic rings. The van der Waals surface area contributed by atoms with Crippen molar-refractivity contribution < 1.29 is 0 Å². The molecule has 2 aromatic heterocycles. The van der Waals surface area contributed by atoms with Crippen LogP contribution in [0.5, 0.6) is 0 Å². The highest BCUT2D eigenvalue weighted by Gasteiger charge is 2.23. The Labute approximate surface area is 167 Å². The minimum atomic E-state index is 0.495. The molecule has 150 valence electrons. The molecule has 0 saturated heterocycles. The second kappa shape index (κ2) is 12.4. The van der Waals surface area contributed by atoms with Crippen LogP contribution in [0, 0.1) is 0 Å². The van der Waals surface area contributed by atoms with E-state index in [2.05, 4.69) is 69.1 Å². The highest BCUT2D eigenvalue weighted by Crippen LogP contribution is 2.29. The molecule has 1 unspecified atom stereocenters. The van der Waals surface area contributed by atoms with E-state index in [1.165, 1.54) is 38.1 Å². The van der Waals surface area contributed by atoms with Crippen molar-refractivity contribution in [3.05, 3.63) is 45.3 Å². The van der Waals surface area contributed by atoms with Gasteiger partial charge in [-0.3, -0.25) is 0 Å². The molecular formula is C26H41N. The maximum Gasteiger partial charge on any atom is 0.0613 e. The molecule has 2 heterocycles. The van der Waals surface area contributed by atoms with E-state index < -0.39 is 0 Å². The Morgan fingerprint density at radius 3 is 2.04 bits per heavy atom. The second-order valence-electron chi connectivity index (χ2n) is 5.65. The molecule has 2 aromatic rings. The van der Waals surface area contributed by atoms with Crippen LogP contribution in [0.15, 0.2) is 12.7 Å². The molecule has 3 rings (SSSR count). The van der Waals surface area contributed by atoms with Gasteiger partial charge in [0.25, 0.3) is 0 Å². The van der Waals surface area contributed by atoms with Gasteiger partial charge in [0, 0.05) is 27.3 Å². The molecular weight excluding hydrogens is 326 g/mol. The largest absolute Gasteiger partial charge is 0.309 e. The molecule has 0 bridgehead atoms. The summed E-state index contributed by atoms with van der Waals surface area (Å²) in [6.45, 7) is 24.8. The van der Waals surface area contributed by atoms with Crippen molar-refractivity contribution in [3.63, 3.8) is 0 Å². The van der Waals surface area contributed by atoms with E-state index in [0.29, 0.717) is 5.92 Å². The lowest BCUT2D eigenvalue weighted by atomic mass is 10.0. The molecule has 1 aliphatic carbocycles. The average molecular weight is 368 g/mol. The van der Waals surface area contributed by atoms with Crippen LogP contribution in [-0.2, 0) is 0 Å². The third-order valence-corrected chi connectivity index (χ3v) is 4.52. The molecule has 1 atom stereocenters. The molecule has 0 aromatic carbocycles. The lowest BCUT2D eigenvalue weighted by Gasteiger charge is -2.00. The third kappa shape index (κ3) is 4.29. The number of hydrogen-bond acceptors (Lipinski definition) is 0. The van der Waals surface area contributed by atoms with Gasteiger partial charge in [-0.05, 0) is 31.9 Å². The predicted molar refractivity (Wildman–Crippen MR) is 128 cm³/mol. The lowest BCUT2D eigenvalue weighted by molar-refractivity contribution is 0.977. The molecule has 0 saturated carbocycles. The van der Waals surface area contributed by atoms with Gasteiger partial charge < -0.3 is 4.40 Å². The van der Waals surface area contributed by atoms with E-state index in [0.717, 1.165) is 6.42 Å². The monoisotopic (exact) mass is 367 g/mol. The Kier molecular flexibility index (Phi) is 11.5. The topological polar surface area (TPSA) is 4.41 Å². The van der Waals surface area contributed by atoms with Gasteiger partial charge in [-0.2, -0.15) is 0 Å². The van der Waals surface area contributed by atoms with Crippen molar-refractivity contribution in [3.8, 4) is 0 Å². The summed E-state index contributed by atoms with van der Waals surface area (Å²) in [6.07, 6.45) is 14.4. The van der Waals surface area contributed by atoms with Gasteiger partial charge in [0.05, 0.1) is 11.2 Å². The number of rotatable bonds is 2. The Morgan fingerprint density at radius 2 is 1.59 bits per heavy atom. The molecule has 0 N–H and O–H groups in total. The van der Waals surface area contributed by atoms with Crippen LogP contribution in [0.3, 0.4) is 0 Å². The van der Waals surface area contributed by atoms with Gasteiger partial charge in [-0.25, -0.2) is 0 Å². The Hall–Kier alpha value is -2.02. The summed E-state index contributed by atoms with van der Waals surface area (Å²) >= 11 is 0. The quantitative estimate of drug-likeness (QED) is 0.586. The molecule has 1 nitrogen and oxygen atoms in total. The first-order valence-corrected chi connectivity index (χ1v) is 10.8. The van der Waals surface area contributed by atoms with E-state index in [-0.39, 0.29) is 0 Å². The van der Waals surface area contributed by atoms with Crippen LogP contribution >= 0.6 is 0 Å². The fourth-order valence-electron chi connectivity index (χ4n) is 3.71. The molecule has 1 heteroatoms.